The van der Waals surface area contributed by atoms with Gasteiger partial charge < -0.3 is 14.1 Å². The van der Waals surface area contributed by atoms with Crippen LogP contribution in [0.15, 0.2) is 55.2 Å². The van der Waals surface area contributed by atoms with E-state index in [0.29, 0.717) is 54.4 Å². The molecule has 11 heteroatoms. The molecular formula is C20H21N3O6S2. The highest BCUT2D eigenvalue weighted by molar-refractivity contribution is 7.91. The van der Waals surface area contributed by atoms with Gasteiger partial charge in [-0.25, -0.2) is 13.2 Å². The zero-order valence-corrected chi connectivity index (χ0v) is 18.2. The third-order valence-corrected chi connectivity index (χ3v) is 9.25. The van der Waals surface area contributed by atoms with Crippen LogP contribution in [0.4, 0.5) is 0 Å². The number of fused-ring (bicyclic) bond motifs is 1. The summed E-state index contributed by atoms with van der Waals surface area (Å²) in [6, 6.07) is 10.3. The van der Waals surface area contributed by atoms with Crippen molar-refractivity contribution in [2.45, 2.75) is 29.3 Å². The standard InChI is InChI=1S/C20H21N3O6S2/c24-17(14-22-15-4-1-2-5-16(15)29-19(22)25)21-9-7-20(8-10-21)23(11-12-28-20)31(26,27)18-6-3-13-30-18/h1-6,13H,7-12,14H2. The van der Waals surface area contributed by atoms with Crippen LogP contribution in [0.1, 0.15) is 12.8 Å². The van der Waals surface area contributed by atoms with E-state index in [9.17, 15) is 18.0 Å². The molecule has 3 aromatic rings. The lowest BCUT2D eigenvalue weighted by atomic mass is 10.0. The Labute approximate surface area is 182 Å². The minimum absolute atomic E-state index is 0.124. The molecule has 0 radical (unpaired) electrons. The maximum Gasteiger partial charge on any atom is 0.420 e. The number of ether oxygens (including phenoxy) is 1. The number of hydrogen-bond acceptors (Lipinski definition) is 7. The zero-order valence-electron chi connectivity index (χ0n) is 16.6. The molecule has 31 heavy (non-hydrogen) atoms. The second-order valence-corrected chi connectivity index (χ2v) is 10.6. The SMILES string of the molecule is O=C(Cn1c(=O)oc2ccccc21)N1CCC2(CC1)OCCN2S(=O)(=O)c1cccs1. The minimum atomic E-state index is -3.65. The minimum Gasteiger partial charge on any atom is -0.408 e. The first-order valence-electron chi connectivity index (χ1n) is 9.97. The highest BCUT2D eigenvalue weighted by Gasteiger charge is 2.51. The smallest absolute Gasteiger partial charge is 0.408 e. The van der Waals surface area contributed by atoms with Gasteiger partial charge in [0.15, 0.2) is 5.58 Å². The lowest BCUT2D eigenvalue weighted by molar-refractivity contribution is -0.140. The number of likely N-dealkylation sites (tertiary alicyclic amines) is 1. The molecule has 0 N–H and O–H groups in total. The van der Waals surface area contributed by atoms with Crippen molar-refractivity contribution in [2.75, 3.05) is 26.2 Å². The van der Waals surface area contributed by atoms with Crippen LogP contribution in [0.3, 0.4) is 0 Å². The molecule has 9 nitrogen and oxygen atoms in total. The van der Waals surface area contributed by atoms with Gasteiger partial charge >= 0.3 is 5.76 Å². The Morgan fingerprint density at radius 2 is 1.87 bits per heavy atom. The van der Waals surface area contributed by atoms with Crippen LogP contribution in [0.5, 0.6) is 0 Å². The lowest BCUT2D eigenvalue weighted by Crippen LogP contribution is -2.56. The summed E-state index contributed by atoms with van der Waals surface area (Å²) in [6.45, 7) is 1.19. The summed E-state index contributed by atoms with van der Waals surface area (Å²) >= 11 is 1.18. The third-order valence-electron chi connectivity index (χ3n) is 5.92. The van der Waals surface area contributed by atoms with E-state index >= 15 is 0 Å². The van der Waals surface area contributed by atoms with Crippen molar-refractivity contribution in [1.29, 1.82) is 0 Å². The first-order valence-corrected chi connectivity index (χ1v) is 12.3. The molecule has 2 aliphatic heterocycles. The quantitative estimate of drug-likeness (QED) is 0.584. The van der Waals surface area contributed by atoms with Crippen molar-refractivity contribution in [3.8, 4) is 0 Å². The molecule has 0 unspecified atom stereocenters. The van der Waals surface area contributed by atoms with Gasteiger partial charge in [0.2, 0.25) is 5.91 Å². The summed E-state index contributed by atoms with van der Waals surface area (Å²) in [5.74, 6) is -0.787. The Bertz CT molecular complexity index is 1270. The van der Waals surface area contributed by atoms with Crippen LogP contribution in [-0.2, 0) is 26.1 Å². The Morgan fingerprint density at radius 3 is 2.61 bits per heavy atom. The maximum atomic E-state index is 13.1. The van der Waals surface area contributed by atoms with Crippen molar-refractivity contribution in [2.24, 2.45) is 0 Å². The third kappa shape index (κ3) is 3.41. The summed E-state index contributed by atoms with van der Waals surface area (Å²) in [4.78, 5) is 26.7. The number of hydrogen-bond donors (Lipinski definition) is 0. The number of sulfonamides is 1. The number of thiophene rings is 1. The van der Waals surface area contributed by atoms with E-state index in [2.05, 4.69) is 0 Å². The van der Waals surface area contributed by atoms with Gasteiger partial charge in [0.1, 0.15) is 16.5 Å². The molecule has 0 bridgehead atoms. The highest BCUT2D eigenvalue weighted by atomic mass is 32.2. The monoisotopic (exact) mass is 463 g/mol. The summed E-state index contributed by atoms with van der Waals surface area (Å²) in [5, 5.41) is 1.74. The molecule has 2 saturated heterocycles. The normalized spacial score (nSPS) is 19.4. The number of nitrogens with zero attached hydrogens (tertiary/aromatic N) is 3. The predicted molar refractivity (Wildman–Crippen MR) is 113 cm³/mol. The van der Waals surface area contributed by atoms with Crippen molar-refractivity contribution in [1.82, 2.24) is 13.8 Å². The molecule has 1 amide bonds. The summed E-state index contributed by atoms with van der Waals surface area (Å²) < 4.78 is 40.4. The van der Waals surface area contributed by atoms with Gasteiger partial charge in [-0.05, 0) is 23.6 Å². The Morgan fingerprint density at radius 1 is 1.10 bits per heavy atom. The summed E-state index contributed by atoms with van der Waals surface area (Å²) in [5.41, 5.74) is 0.0760. The Balaban J connectivity index is 1.31. The number of piperidine rings is 1. The van der Waals surface area contributed by atoms with Gasteiger partial charge in [-0.3, -0.25) is 9.36 Å². The number of carbonyl (C=O) groups excluding carboxylic acids is 1. The summed E-state index contributed by atoms with van der Waals surface area (Å²) in [6.07, 6.45) is 0.759. The van der Waals surface area contributed by atoms with E-state index in [4.69, 9.17) is 9.15 Å². The van der Waals surface area contributed by atoms with Gasteiger partial charge in [0.05, 0.1) is 12.1 Å². The fourth-order valence-electron chi connectivity index (χ4n) is 4.35. The predicted octanol–water partition coefficient (Wildman–Crippen LogP) is 1.70. The van der Waals surface area contributed by atoms with Crippen molar-refractivity contribution >= 4 is 38.4 Å². The van der Waals surface area contributed by atoms with Gasteiger partial charge in [0, 0.05) is 32.5 Å². The molecule has 2 aliphatic rings. The molecule has 0 saturated carbocycles. The van der Waals surface area contributed by atoms with E-state index in [1.807, 2.05) is 0 Å². The van der Waals surface area contributed by atoms with Gasteiger partial charge in [0.25, 0.3) is 10.0 Å². The van der Waals surface area contributed by atoms with E-state index in [0.717, 1.165) is 0 Å². The Kier molecular flexibility index (Phi) is 5.00. The number of para-hydroxylation sites is 2. The van der Waals surface area contributed by atoms with Crippen LogP contribution in [0.2, 0.25) is 0 Å². The molecule has 1 spiro atoms. The van der Waals surface area contributed by atoms with Crippen molar-refractivity contribution in [3.63, 3.8) is 0 Å². The molecule has 164 valence electrons. The number of carbonyl (C=O) groups is 1. The largest absolute Gasteiger partial charge is 0.420 e. The van der Waals surface area contributed by atoms with Crippen LogP contribution in [-0.4, -0.2) is 60.1 Å². The van der Waals surface area contributed by atoms with Gasteiger partial charge in [-0.1, -0.05) is 18.2 Å². The molecule has 1 aromatic carbocycles. The first kappa shape index (κ1) is 20.4. The maximum absolute atomic E-state index is 13.1. The van der Waals surface area contributed by atoms with Crippen molar-refractivity contribution < 1.29 is 22.4 Å². The molecule has 0 atom stereocenters. The lowest BCUT2D eigenvalue weighted by Gasteiger charge is -2.42. The van der Waals surface area contributed by atoms with E-state index < -0.39 is 21.5 Å². The molecule has 2 fully saturated rings. The topological polar surface area (TPSA) is 102 Å². The number of rotatable bonds is 4. The average Bonchev–Trinajstić information content (AvgIpc) is 3.49. The Hall–Kier alpha value is -2.47. The molecular weight excluding hydrogens is 442 g/mol. The van der Waals surface area contributed by atoms with E-state index in [1.54, 1.807) is 46.7 Å². The molecule has 4 heterocycles. The highest BCUT2D eigenvalue weighted by Crippen LogP contribution is 2.39. The fraction of sp³-hybridized carbons (Fsp3) is 0.400. The number of oxazole rings is 1. The zero-order chi connectivity index (χ0) is 21.6. The van der Waals surface area contributed by atoms with Crippen LogP contribution < -0.4 is 5.76 Å². The van der Waals surface area contributed by atoms with Crippen molar-refractivity contribution in [3.05, 3.63) is 52.3 Å². The van der Waals surface area contributed by atoms with Crippen LogP contribution in [0.25, 0.3) is 11.1 Å². The number of amides is 1. The second kappa shape index (κ2) is 7.59. The first-order chi connectivity index (χ1) is 14.9. The van der Waals surface area contributed by atoms with Crippen LogP contribution >= 0.6 is 11.3 Å². The number of aromatic nitrogens is 1. The molecule has 2 aromatic heterocycles. The average molecular weight is 464 g/mol. The molecule has 0 aliphatic carbocycles. The second-order valence-electron chi connectivity index (χ2n) is 7.61. The summed E-state index contributed by atoms with van der Waals surface area (Å²) in [7, 11) is -3.65. The fourth-order valence-corrected chi connectivity index (χ4v) is 7.18. The molecule has 5 rings (SSSR count). The van der Waals surface area contributed by atoms with Crippen LogP contribution in [0, 0.1) is 0 Å². The van der Waals surface area contributed by atoms with E-state index in [-0.39, 0.29) is 12.5 Å². The van der Waals surface area contributed by atoms with Gasteiger partial charge in [-0.2, -0.15) is 4.31 Å². The van der Waals surface area contributed by atoms with Gasteiger partial charge in [-0.15, -0.1) is 11.3 Å². The number of benzene rings is 1. The van der Waals surface area contributed by atoms with E-state index in [1.165, 1.54) is 20.2 Å².